The van der Waals surface area contributed by atoms with Gasteiger partial charge in [0.05, 0.1) is 24.1 Å². The Morgan fingerprint density at radius 2 is 1.66 bits per heavy atom. The predicted molar refractivity (Wildman–Crippen MR) is 212 cm³/mol. The Morgan fingerprint density at radius 3 is 2.46 bits per heavy atom. The van der Waals surface area contributed by atoms with Crippen LogP contribution in [0.4, 0.5) is 0 Å². The molecule has 2 bridgehead atoms. The summed E-state index contributed by atoms with van der Waals surface area (Å²) in [4.78, 5) is 76.4. The number of fused-ring (bicyclic) bond motifs is 2. The van der Waals surface area contributed by atoms with Crippen LogP contribution in [0, 0.1) is 5.92 Å². The maximum atomic E-state index is 14.0. The molecule has 4 N–H and O–H groups in total. The summed E-state index contributed by atoms with van der Waals surface area (Å²) in [5.41, 5.74) is 3.79. The van der Waals surface area contributed by atoms with Crippen LogP contribution in [0.3, 0.4) is 0 Å². The van der Waals surface area contributed by atoms with Gasteiger partial charge in [-0.3, -0.25) is 28.9 Å². The standard InChI is InChI=1S/C42H52N8O6/c1-28(2)22-37-46-33-15-14-31-24-35(33)50(37)18-9-16-43-40(53)29(3)45-42(55)34(23-30-10-5-4-6-11-30)47-38(51)26-49(19-17-44-41(31)54)39(52)27-48-20-21-56-36-13-8-7-12-32(36)25-48/h4-8,10-15,24,28-29,34H,9,16-23,25-27H2,1-3H3,(H,43,53)(H,44,54)(H,45,55)(H,47,51)/t29-,34+/m1/s1. The Hall–Kier alpha value is -5.76. The summed E-state index contributed by atoms with van der Waals surface area (Å²) in [6, 6.07) is 20.4. The van der Waals surface area contributed by atoms with Crippen molar-refractivity contribution < 1.29 is 28.7 Å². The van der Waals surface area contributed by atoms with Gasteiger partial charge in [-0.2, -0.15) is 0 Å². The summed E-state index contributed by atoms with van der Waals surface area (Å²) in [6.45, 7) is 7.93. The molecule has 4 aromatic rings. The average Bonchev–Trinajstić information content (AvgIpc) is 3.36. The zero-order valence-electron chi connectivity index (χ0n) is 32.4. The molecule has 2 aliphatic rings. The van der Waals surface area contributed by atoms with E-state index >= 15 is 0 Å². The van der Waals surface area contributed by atoms with Gasteiger partial charge in [-0.25, -0.2) is 4.98 Å². The van der Waals surface area contributed by atoms with Crippen LogP contribution in [-0.2, 0) is 45.1 Å². The fraction of sp³-hybridized carbons (Fsp3) is 0.429. The molecule has 0 saturated carbocycles. The molecule has 2 aliphatic heterocycles. The van der Waals surface area contributed by atoms with E-state index in [4.69, 9.17) is 9.72 Å². The zero-order chi connectivity index (χ0) is 39.6. The summed E-state index contributed by atoms with van der Waals surface area (Å²) < 4.78 is 8.00. The minimum atomic E-state index is -1.03. The van der Waals surface area contributed by atoms with E-state index in [0.29, 0.717) is 50.7 Å². The van der Waals surface area contributed by atoms with Gasteiger partial charge in [0.2, 0.25) is 23.6 Å². The van der Waals surface area contributed by atoms with Gasteiger partial charge in [0.15, 0.2) is 0 Å². The first-order valence-electron chi connectivity index (χ1n) is 19.4. The number of rotatable bonds is 6. The number of aromatic nitrogens is 2. The van der Waals surface area contributed by atoms with Crippen molar-refractivity contribution in [2.45, 2.75) is 65.2 Å². The average molecular weight is 765 g/mol. The lowest BCUT2D eigenvalue weighted by molar-refractivity contribution is -0.138. The second-order valence-electron chi connectivity index (χ2n) is 14.9. The van der Waals surface area contributed by atoms with Crippen LogP contribution in [0.25, 0.3) is 11.0 Å². The van der Waals surface area contributed by atoms with Crippen LogP contribution in [0.5, 0.6) is 5.75 Å². The summed E-state index contributed by atoms with van der Waals surface area (Å²) in [6.07, 6.45) is 1.50. The molecule has 56 heavy (non-hydrogen) atoms. The largest absolute Gasteiger partial charge is 0.492 e. The van der Waals surface area contributed by atoms with Gasteiger partial charge in [-0.1, -0.05) is 62.4 Å². The maximum Gasteiger partial charge on any atom is 0.251 e. The number of hydrogen-bond acceptors (Lipinski definition) is 8. The van der Waals surface area contributed by atoms with Crippen LogP contribution in [0.15, 0.2) is 72.8 Å². The van der Waals surface area contributed by atoms with Gasteiger partial charge < -0.3 is 35.5 Å². The monoisotopic (exact) mass is 764 g/mol. The van der Waals surface area contributed by atoms with Crippen LogP contribution < -0.4 is 26.0 Å². The number of nitrogens with one attached hydrogen (secondary N) is 4. The number of nitrogens with zero attached hydrogens (tertiary/aromatic N) is 4. The van der Waals surface area contributed by atoms with Crippen LogP contribution in [-0.4, -0.2) is 107 Å². The second kappa shape index (κ2) is 18.7. The Balaban J connectivity index is 1.26. The number of benzene rings is 3. The van der Waals surface area contributed by atoms with Gasteiger partial charge in [0.1, 0.15) is 30.3 Å². The SMILES string of the molecule is CC(C)Cc1nc2ccc3cc2n1CCCNC(=O)[C@@H](C)NC(=O)[C@H](Cc1ccccc1)NC(=O)CN(C(=O)CN1CCOc2ccccc2C1)CCNC3=O. The van der Waals surface area contributed by atoms with E-state index in [2.05, 4.69) is 39.7 Å². The molecule has 3 heterocycles. The Labute approximate surface area is 327 Å². The lowest BCUT2D eigenvalue weighted by Gasteiger charge is -2.27. The molecule has 0 unspecified atom stereocenters. The van der Waals surface area contributed by atoms with E-state index in [-0.39, 0.29) is 50.3 Å². The maximum absolute atomic E-state index is 14.0. The molecule has 14 nitrogen and oxygen atoms in total. The lowest BCUT2D eigenvalue weighted by atomic mass is 10.0. The van der Waals surface area contributed by atoms with E-state index in [9.17, 15) is 24.0 Å². The highest BCUT2D eigenvalue weighted by molar-refractivity contribution is 5.97. The number of carbonyl (C=O) groups is 5. The first-order chi connectivity index (χ1) is 27.0. The highest BCUT2D eigenvalue weighted by atomic mass is 16.5. The van der Waals surface area contributed by atoms with Crippen LogP contribution in [0.2, 0.25) is 0 Å². The fourth-order valence-corrected chi connectivity index (χ4v) is 7.04. The van der Waals surface area contributed by atoms with E-state index in [1.807, 2.05) is 71.6 Å². The topological polar surface area (TPSA) is 167 Å². The molecule has 2 atom stereocenters. The van der Waals surface area contributed by atoms with Gasteiger partial charge in [-0.15, -0.1) is 0 Å². The lowest BCUT2D eigenvalue weighted by Crippen LogP contribution is -2.55. The minimum Gasteiger partial charge on any atom is -0.492 e. The van der Waals surface area contributed by atoms with E-state index in [1.165, 1.54) is 4.90 Å². The molecule has 0 radical (unpaired) electrons. The molecule has 3 aromatic carbocycles. The number of amides is 5. The first kappa shape index (κ1) is 39.9. The minimum absolute atomic E-state index is 0.0127. The molecule has 1 aromatic heterocycles. The fourth-order valence-electron chi connectivity index (χ4n) is 7.04. The van der Waals surface area contributed by atoms with Crippen LogP contribution in [0.1, 0.15) is 54.5 Å². The molecule has 0 aliphatic carbocycles. The summed E-state index contributed by atoms with van der Waals surface area (Å²) in [5.74, 6) is -0.0557. The van der Waals surface area contributed by atoms with Crippen molar-refractivity contribution in [3.8, 4) is 5.75 Å². The highest BCUT2D eigenvalue weighted by Gasteiger charge is 2.28. The van der Waals surface area contributed by atoms with Crippen molar-refractivity contribution in [1.29, 1.82) is 0 Å². The van der Waals surface area contributed by atoms with Gasteiger partial charge >= 0.3 is 0 Å². The molecular weight excluding hydrogens is 713 g/mol. The molecule has 6 rings (SSSR count). The Bertz CT molecular complexity index is 2030. The van der Waals surface area contributed by atoms with E-state index in [0.717, 1.165) is 40.2 Å². The van der Waals surface area contributed by atoms with Crippen molar-refractivity contribution in [1.82, 2.24) is 40.6 Å². The second-order valence-corrected chi connectivity index (χ2v) is 14.9. The van der Waals surface area contributed by atoms with Crippen molar-refractivity contribution in [3.05, 3.63) is 95.3 Å². The van der Waals surface area contributed by atoms with Gasteiger partial charge in [-0.05, 0) is 49.1 Å². The predicted octanol–water partition coefficient (Wildman–Crippen LogP) is 2.44. The van der Waals surface area contributed by atoms with Crippen molar-refractivity contribution in [3.63, 3.8) is 0 Å². The quantitative estimate of drug-likeness (QED) is 0.233. The Morgan fingerprint density at radius 1 is 0.875 bits per heavy atom. The number of carbonyl (C=O) groups excluding carboxylic acids is 5. The zero-order valence-corrected chi connectivity index (χ0v) is 32.4. The highest BCUT2D eigenvalue weighted by Crippen LogP contribution is 2.23. The van der Waals surface area contributed by atoms with Crippen molar-refractivity contribution in [2.75, 3.05) is 45.9 Å². The van der Waals surface area contributed by atoms with Crippen LogP contribution >= 0.6 is 0 Å². The van der Waals surface area contributed by atoms with E-state index in [1.54, 1.807) is 13.0 Å². The normalized spacial score (nSPS) is 19.5. The molecule has 0 saturated heterocycles. The Kier molecular flexibility index (Phi) is 13.3. The van der Waals surface area contributed by atoms with E-state index < -0.39 is 23.9 Å². The number of aryl methyl sites for hydroxylation is 1. The molecule has 296 valence electrons. The summed E-state index contributed by atoms with van der Waals surface area (Å²) in [7, 11) is 0. The number of hydrogen-bond donors (Lipinski definition) is 4. The summed E-state index contributed by atoms with van der Waals surface area (Å²) >= 11 is 0. The first-order valence-corrected chi connectivity index (χ1v) is 19.4. The molecular formula is C42H52N8O6. The molecule has 0 fully saturated rings. The molecule has 0 spiro atoms. The van der Waals surface area contributed by atoms with Crippen molar-refractivity contribution >= 4 is 40.6 Å². The molecule has 5 amide bonds. The number of para-hydroxylation sites is 1. The third-order valence-electron chi connectivity index (χ3n) is 9.97. The smallest absolute Gasteiger partial charge is 0.251 e. The summed E-state index contributed by atoms with van der Waals surface area (Å²) in [5, 5.41) is 11.5. The number of ether oxygens (including phenoxy) is 1. The van der Waals surface area contributed by atoms with Gasteiger partial charge in [0, 0.05) is 63.2 Å². The third-order valence-corrected chi connectivity index (χ3v) is 9.97. The molecule has 14 heteroatoms. The van der Waals surface area contributed by atoms with Gasteiger partial charge in [0.25, 0.3) is 5.91 Å². The van der Waals surface area contributed by atoms with Crippen molar-refractivity contribution in [2.24, 2.45) is 5.92 Å². The third kappa shape index (κ3) is 10.5. The number of imidazole rings is 1.